The van der Waals surface area contributed by atoms with Gasteiger partial charge in [-0.2, -0.15) is 5.10 Å². The van der Waals surface area contributed by atoms with Crippen LogP contribution in [0.3, 0.4) is 0 Å². The van der Waals surface area contributed by atoms with E-state index in [1.165, 1.54) is 34.6 Å². The lowest BCUT2D eigenvalue weighted by molar-refractivity contribution is 0.154. The Kier molecular flexibility index (Phi) is 5.47. The average Bonchev–Trinajstić information content (AvgIpc) is 3.66. The number of fused-ring (bicyclic) bond motifs is 2. The first-order valence-electron chi connectivity index (χ1n) is 12.7. The van der Waals surface area contributed by atoms with Crippen molar-refractivity contribution in [1.29, 1.82) is 0 Å². The van der Waals surface area contributed by atoms with Crippen molar-refractivity contribution in [2.24, 2.45) is 0 Å². The predicted octanol–water partition coefficient (Wildman–Crippen LogP) is 7.31. The summed E-state index contributed by atoms with van der Waals surface area (Å²) in [6.45, 7) is 2.13. The molecule has 37 heavy (non-hydrogen) atoms. The summed E-state index contributed by atoms with van der Waals surface area (Å²) < 4.78 is 6.25. The highest BCUT2D eigenvalue weighted by atomic mass is 32.1. The van der Waals surface area contributed by atoms with Gasteiger partial charge < -0.3 is 9.72 Å². The van der Waals surface area contributed by atoms with Crippen LogP contribution in [-0.2, 0) is 0 Å². The number of hydrogen-bond acceptors (Lipinski definition) is 6. The maximum absolute atomic E-state index is 6.25. The minimum Gasteiger partial charge on any atom is -0.489 e. The van der Waals surface area contributed by atoms with Crippen molar-refractivity contribution >= 4 is 33.4 Å². The maximum atomic E-state index is 6.25. The van der Waals surface area contributed by atoms with Crippen molar-refractivity contribution in [3.63, 3.8) is 0 Å². The Bertz CT molecular complexity index is 1730. The van der Waals surface area contributed by atoms with E-state index >= 15 is 0 Å². The topological polar surface area (TPSA) is 92.4 Å². The third-order valence-electron chi connectivity index (χ3n) is 7.12. The summed E-state index contributed by atoms with van der Waals surface area (Å²) in [6, 6.07) is 12.7. The monoisotopic (exact) mass is 506 g/mol. The van der Waals surface area contributed by atoms with Crippen LogP contribution in [0.1, 0.15) is 37.0 Å². The molecule has 0 amide bonds. The molecule has 7 nitrogen and oxygen atoms in total. The molecule has 0 radical (unpaired) electrons. The zero-order valence-electron chi connectivity index (χ0n) is 20.5. The number of nitrogens with zero attached hydrogens (tertiary/aromatic N) is 4. The maximum Gasteiger partial charge on any atom is 0.181 e. The second-order valence-corrected chi connectivity index (χ2v) is 11.0. The SMILES string of the molecule is Cc1ccc(-c2ccnc3[nH]c(-c4[nH]nc5ncc(-c6cncc(OC7CCCCC7)c6)cc45)cc23)s1. The standard InChI is InChI=1S/C29H26N6OS/c1-17-7-8-26(37-17)22-9-10-31-28-23(22)13-25(33-28)27-24-12-19(15-32-29(24)35-34-27)18-11-21(16-30-14-18)36-20-5-3-2-4-6-20/h7-16,20H,2-6H2,1H3,(H,31,33)(H,32,34,35). The number of H-pyrrole nitrogens is 2. The minimum atomic E-state index is 0.283. The molecular weight excluding hydrogens is 480 g/mol. The summed E-state index contributed by atoms with van der Waals surface area (Å²) in [5, 5.41) is 9.68. The van der Waals surface area contributed by atoms with Crippen LogP contribution in [0.2, 0.25) is 0 Å². The summed E-state index contributed by atoms with van der Waals surface area (Å²) >= 11 is 1.79. The molecule has 6 aromatic rings. The highest BCUT2D eigenvalue weighted by molar-refractivity contribution is 7.15. The van der Waals surface area contributed by atoms with Crippen molar-refractivity contribution in [3.8, 4) is 38.7 Å². The molecule has 0 aromatic carbocycles. The highest BCUT2D eigenvalue weighted by Gasteiger charge is 2.17. The van der Waals surface area contributed by atoms with Crippen LogP contribution in [0.5, 0.6) is 5.75 Å². The Morgan fingerprint density at radius 3 is 2.68 bits per heavy atom. The smallest absolute Gasteiger partial charge is 0.181 e. The summed E-state index contributed by atoms with van der Waals surface area (Å²) in [7, 11) is 0. The summed E-state index contributed by atoms with van der Waals surface area (Å²) in [6.07, 6.45) is 13.6. The van der Waals surface area contributed by atoms with Gasteiger partial charge in [0.05, 0.1) is 23.7 Å². The third kappa shape index (κ3) is 4.17. The van der Waals surface area contributed by atoms with Gasteiger partial charge in [-0.05, 0) is 69.0 Å². The number of ether oxygens (including phenoxy) is 1. The fourth-order valence-electron chi connectivity index (χ4n) is 5.24. The van der Waals surface area contributed by atoms with E-state index in [1.807, 2.05) is 18.6 Å². The van der Waals surface area contributed by atoms with Crippen molar-refractivity contribution < 1.29 is 4.74 Å². The molecule has 6 heterocycles. The van der Waals surface area contributed by atoms with Crippen LogP contribution >= 0.6 is 11.3 Å². The first-order valence-corrected chi connectivity index (χ1v) is 13.5. The van der Waals surface area contributed by atoms with Gasteiger partial charge in [0.1, 0.15) is 11.4 Å². The molecule has 1 saturated carbocycles. The summed E-state index contributed by atoms with van der Waals surface area (Å²) in [5.74, 6) is 0.815. The van der Waals surface area contributed by atoms with Gasteiger partial charge in [0.15, 0.2) is 5.65 Å². The van der Waals surface area contributed by atoms with Gasteiger partial charge in [0.2, 0.25) is 0 Å². The van der Waals surface area contributed by atoms with Gasteiger partial charge >= 0.3 is 0 Å². The fourth-order valence-corrected chi connectivity index (χ4v) is 6.14. The Morgan fingerprint density at radius 2 is 1.81 bits per heavy atom. The van der Waals surface area contributed by atoms with Crippen LogP contribution in [0.4, 0.5) is 0 Å². The molecular formula is C29H26N6OS. The van der Waals surface area contributed by atoms with E-state index in [4.69, 9.17) is 4.74 Å². The fraction of sp³-hybridized carbons (Fsp3) is 0.241. The van der Waals surface area contributed by atoms with E-state index < -0.39 is 0 Å². The molecule has 1 aliphatic carbocycles. The van der Waals surface area contributed by atoms with E-state index in [0.29, 0.717) is 5.65 Å². The highest BCUT2D eigenvalue weighted by Crippen LogP contribution is 2.36. The zero-order valence-corrected chi connectivity index (χ0v) is 21.3. The molecule has 0 unspecified atom stereocenters. The molecule has 0 bridgehead atoms. The molecule has 6 aromatic heterocycles. The summed E-state index contributed by atoms with van der Waals surface area (Å²) in [5.41, 5.74) is 6.46. The lowest BCUT2D eigenvalue weighted by Gasteiger charge is -2.23. The van der Waals surface area contributed by atoms with Crippen molar-refractivity contribution in [3.05, 3.63) is 66.1 Å². The van der Waals surface area contributed by atoms with Crippen LogP contribution in [0.15, 0.2) is 61.2 Å². The molecule has 0 saturated heterocycles. The molecule has 1 aliphatic rings. The molecule has 1 fully saturated rings. The lowest BCUT2D eigenvalue weighted by atomic mass is 9.98. The Labute approximate surface area is 218 Å². The van der Waals surface area contributed by atoms with E-state index in [-0.39, 0.29) is 6.10 Å². The number of pyridine rings is 3. The number of hydrogen-bond donors (Lipinski definition) is 2. The number of rotatable bonds is 5. The molecule has 7 rings (SSSR count). The van der Waals surface area contributed by atoms with E-state index in [9.17, 15) is 0 Å². The first-order chi connectivity index (χ1) is 18.2. The minimum absolute atomic E-state index is 0.283. The van der Waals surface area contributed by atoms with E-state index in [0.717, 1.165) is 57.5 Å². The Morgan fingerprint density at radius 1 is 0.919 bits per heavy atom. The van der Waals surface area contributed by atoms with Gasteiger partial charge in [-0.25, -0.2) is 9.97 Å². The van der Waals surface area contributed by atoms with Crippen molar-refractivity contribution in [2.75, 3.05) is 0 Å². The van der Waals surface area contributed by atoms with Crippen LogP contribution in [0, 0.1) is 6.92 Å². The van der Waals surface area contributed by atoms with Crippen molar-refractivity contribution in [1.82, 2.24) is 30.1 Å². The largest absolute Gasteiger partial charge is 0.489 e. The quantitative estimate of drug-likeness (QED) is 0.256. The van der Waals surface area contributed by atoms with Gasteiger partial charge in [0.25, 0.3) is 0 Å². The van der Waals surface area contributed by atoms with Gasteiger partial charge in [-0.1, -0.05) is 6.42 Å². The van der Waals surface area contributed by atoms with Crippen LogP contribution in [0.25, 0.3) is 55.0 Å². The molecule has 184 valence electrons. The Balaban J connectivity index is 1.26. The normalized spacial score (nSPS) is 14.5. The number of aryl methyl sites for hydroxylation is 1. The zero-order chi connectivity index (χ0) is 24.8. The molecule has 0 aliphatic heterocycles. The summed E-state index contributed by atoms with van der Waals surface area (Å²) in [4.78, 5) is 19.7. The average molecular weight is 507 g/mol. The lowest BCUT2D eigenvalue weighted by Crippen LogP contribution is -2.19. The third-order valence-corrected chi connectivity index (χ3v) is 8.15. The van der Waals surface area contributed by atoms with Gasteiger partial charge in [0, 0.05) is 55.8 Å². The van der Waals surface area contributed by atoms with E-state index in [1.54, 1.807) is 17.5 Å². The molecule has 2 N–H and O–H groups in total. The van der Waals surface area contributed by atoms with Crippen LogP contribution < -0.4 is 4.74 Å². The second-order valence-electron chi connectivity index (χ2n) is 9.70. The predicted molar refractivity (Wildman–Crippen MR) is 148 cm³/mol. The number of thiophene rings is 1. The van der Waals surface area contributed by atoms with Gasteiger partial charge in [-0.15, -0.1) is 11.3 Å². The van der Waals surface area contributed by atoms with Crippen molar-refractivity contribution in [2.45, 2.75) is 45.1 Å². The number of aromatic nitrogens is 6. The second kappa shape index (κ2) is 9.12. The van der Waals surface area contributed by atoms with E-state index in [2.05, 4.69) is 73.5 Å². The Hall–Kier alpha value is -4.04. The molecule has 0 atom stereocenters. The first kappa shape index (κ1) is 22.2. The van der Waals surface area contributed by atoms with Gasteiger partial charge in [-0.3, -0.25) is 10.1 Å². The molecule has 0 spiro atoms. The number of nitrogens with one attached hydrogen (secondary N) is 2. The van der Waals surface area contributed by atoms with Crippen LogP contribution in [-0.4, -0.2) is 36.2 Å². The number of aromatic amines is 2. The molecule has 8 heteroatoms.